The van der Waals surface area contributed by atoms with Crippen LogP contribution in [0.5, 0.6) is 0 Å². The molecule has 5 nitrogen and oxygen atoms in total. The van der Waals surface area contributed by atoms with E-state index in [0.29, 0.717) is 17.6 Å². The highest BCUT2D eigenvalue weighted by Crippen LogP contribution is 2.07. The van der Waals surface area contributed by atoms with Crippen LogP contribution in [0.1, 0.15) is 20.8 Å². The van der Waals surface area contributed by atoms with Gasteiger partial charge in [0.25, 0.3) is 0 Å². The molecule has 0 saturated heterocycles. The van der Waals surface area contributed by atoms with Crippen molar-refractivity contribution in [3.05, 3.63) is 30.1 Å². The summed E-state index contributed by atoms with van der Waals surface area (Å²) in [6.07, 6.45) is 0. The molecule has 1 aromatic carbocycles. The number of benzene rings is 1. The van der Waals surface area contributed by atoms with Gasteiger partial charge in [-0.3, -0.25) is 4.79 Å². The Balaban J connectivity index is 0.00000441. The standard InChI is InChI=1S/C15H23FN4O.HI/c1-4-17-15(18-9-11(2)3)19-10-14(21)20-13-7-5-12(16)6-8-13;/h5-8,11H,4,9-10H2,1-3H3,(H,20,21)(H2,17,18,19);1H. The smallest absolute Gasteiger partial charge is 0.246 e. The average Bonchev–Trinajstić information content (AvgIpc) is 2.44. The van der Waals surface area contributed by atoms with E-state index in [0.717, 1.165) is 13.1 Å². The van der Waals surface area contributed by atoms with Gasteiger partial charge in [0.15, 0.2) is 5.96 Å². The van der Waals surface area contributed by atoms with Gasteiger partial charge in [-0.2, -0.15) is 0 Å². The summed E-state index contributed by atoms with van der Waals surface area (Å²) < 4.78 is 12.8. The molecule has 0 aliphatic carbocycles. The first-order chi connectivity index (χ1) is 10.0. The third kappa shape index (κ3) is 8.81. The molecule has 0 unspecified atom stereocenters. The molecule has 1 amide bonds. The van der Waals surface area contributed by atoms with Crippen molar-refractivity contribution in [3.63, 3.8) is 0 Å². The molecule has 0 fully saturated rings. The van der Waals surface area contributed by atoms with Gasteiger partial charge in [0, 0.05) is 18.8 Å². The third-order valence-corrected chi connectivity index (χ3v) is 2.53. The predicted molar refractivity (Wildman–Crippen MR) is 99.3 cm³/mol. The van der Waals surface area contributed by atoms with E-state index >= 15 is 0 Å². The van der Waals surface area contributed by atoms with Gasteiger partial charge in [0.1, 0.15) is 12.4 Å². The molecule has 0 aliphatic heterocycles. The molecule has 3 N–H and O–H groups in total. The molecule has 0 aromatic heterocycles. The Bertz CT molecular complexity index is 477. The molecule has 0 bridgehead atoms. The van der Waals surface area contributed by atoms with Gasteiger partial charge in [0.2, 0.25) is 5.91 Å². The third-order valence-electron chi connectivity index (χ3n) is 2.53. The van der Waals surface area contributed by atoms with E-state index in [1.807, 2.05) is 6.92 Å². The summed E-state index contributed by atoms with van der Waals surface area (Å²) in [4.78, 5) is 16.0. The van der Waals surface area contributed by atoms with Crippen molar-refractivity contribution in [2.45, 2.75) is 20.8 Å². The minimum atomic E-state index is -0.335. The van der Waals surface area contributed by atoms with Crippen molar-refractivity contribution in [1.82, 2.24) is 10.6 Å². The van der Waals surface area contributed by atoms with E-state index in [1.54, 1.807) is 0 Å². The van der Waals surface area contributed by atoms with E-state index in [1.165, 1.54) is 24.3 Å². The van der Waals surface area contributed by atoms with Crippen LogP contribution in [0, 0.1) is 11.7 Å². The summed E-state index contributed by atoms with van der Waals surface area (Å²) >= 11 is 0. The number of nitrogens with zero attached hydrogens (tertiary/aromatic N) is 1. The normalized spacial score (nSPS) is 10.9. The Kier molecular flexibility index (Phi) is 10.5. The Morgan fingerprint density at radius 1 is 1.23 bits per heavy atom. The van der Waals surface area contributed by atoms with Gasteiger partial charge in [0.05, 0.1) is 0 Å². The quantitative estimate of drug-likeness (QED) is 0.375. The van der Waals surface area contributed by atoms with Crippen molar-refractivity contribution >= 4 is 41.5 Å². The van der Waals surface area contributed by atoms with Gasteiger partial charge in [-0.1, -0.05) is 13.8 Å². The molecule has 124 valence electrons. The summed E-state index contributed by atoms with van der Waals surface area (Å²) in [6.45, 7) is 7.67. The number of rotatable bonds is 6. The van der Waals surface area contributed by atoms with Crippen LogP contribution < -0.4 is 16.0 Å². The monoisotopic (exact) mass is 422 g/mol. The van der Waals surface area contributed by atoms with Crippen molar-refractivity contribution < 1.29 is 9.18 Å². The number of guanidine groups is 1. The minimum absolute atomic E-state index is 0. The number of hydrogen-bond donors (Lipinski definition) is 3. The minimum Gasteiger partial charge on any atom is -0.357 e. The fraction of sp³-hybridized carbons (Fsp3) is 0.467. The highest BCUT2D eigenvalue weighted by Gasteiger charge is 2.04. The zero-order valence-corrected chi connectivity index (χ0v) is 15.5. The molecule has 0 atom stereocenters. The van der Waals surface area contributed by atoms with Crippen LogP contribution >= 0.6 is 24.0 Å². The lowest BCUT2D eigenvalue weighted by Gasteiger charge is -2.12. The van der Waals surface area contributed by atoms with Crippen molar-refractivity contribution in [1.29, 1.82) is 0 Å². The molecule has 1 rings (SSSR count). The van der Waals surface area contributed by atoms with Gasteiger partial charge in [-0.15, -0.1) is 24.0 Å². The number of aliphatic imine (C=N–C) groups is 1. The molecule has 0 spiro atoms. The lowest BCUT2D eigenvalue weighted by atomic mass is 10.2. The Morgan fingerprint density at radius 2 is 1.86 bits per heavy atom. The van der Waals surface area contributed by atoms with E-state index in [-0.39, 0.29) is 42.2 Å². The van der Waals surface area contributed by atoms with Crippen LogP contribution in [-0.2, 0) is 4.79 Å². The summed E-state index contributed by atoms with van der Waals surface area (Å²) in [5.74, 6) is 0.518. The second-order valence-corrected chi connectivity index (χ2v) is 5.02. The van der Waals surface area contributed by atoms with Crippen molar-refractivity contribution in [2.75, 3.05) is 25.0 Å². The molecule has 7 heteroatoms. The van der Waals surface area contributed by atoms with Gasteiger partial charge < -0.3 is 16.0 Å². The summed E-state index contributed by atoms with van der Waals surface area (Å²) in [6, 6.07) is 5.62. The summed E-state index contributed by atoms with van der Waals surface area (Å²) in [5.41, 5.74) is 0.553. The Morgan fingerprint density at radius 3 is 2.41 bits per heavy atom. The molecular weight excluding hydrogens is 398 g/mol. The van der Waals surface area contributed by atoms with E-state index in [9.17, 15) is 9.18 Å². The molecule has 0 heterocycles. The first-order valence-electron chi connectivity index (χ1n) is 7.09. The molecule has 22 heavy (non-hydrogen) atoms. The van der Waals surface area contributed by atoms with Crippen LogP contribution in [0.25, 0.3) is 0 Å². The number of amides is 1. The van der Waals surface area contributed by atoms with Crippen molar-refractivity contribution in [2.24, 2.45) is 10.9 Å². The number of carbonyl (C=O) groups excluding carboxylic acids is 1. The highest BCUT2D eigenvalue weighted by atomic mass is 127. The molecule has 1 aromatic rings. The van der Waals surface area contributed by atoms with E-state index in [4.69, 9.17) is 0 Å². The van der Waals surface area contributed by atoms with Gasteiger partial charge in [-0.05, 0) is 37.1 Å². The zero-order chi connectivity index (χ0) is 15.7. The van der Waals surface area contributed by atoms with Crippen LogP contribution in [-0.4, -0.2) is 31.5 Å². The Hall–Kier alpha value is -1.38. The first kappa shape index (κ1) is 20.6. The fourth-order valence-electron chi connectivity index (χ4n) is 1.53. The number of anilines is 1. The molecule has 0 radical (unpaired) electrons. The molecular formula is C15H24FIN4O. The van der Waals surface area contributed by atoms with Gasteiger partial charge in [-0.25, -0.2) is 9.38 Å². The maximum Gasteiger partial charge on any atom is 0.246 e. The Labute approximate surface area is 148 Å². The second kappa shape index (κ2) is 11.2. The zero-order valence-electron chi connectivity index (χ0n) is 13.1. The maximum atomic E-state index is 12.8. The molecule has 0 saturated carbocycles. The lowest BCUT2D eigenvalue weighted by molar-refractivity contribution is -0.114. The first-order valence-corrected chi connectivity index (χ1v) is 7.09. The number of carbonyl (C=O) groups is 1. The van der Waals surface area contributed by atoms with Crippen molar-refractivity contribution in [3.8, 4) is 0 Å². The van der Waals surface area contributed by atoms with Gasteiger partial charge >= 0.3 is 0 Å². The summed E-state index contributed by atoms with van der Waals surface area (Å²) in [7, 11) is 0. The van der Waals surface area contributed by atoms with Crippen LogP contribution in [0.4, 0.5) is 10.1 Å². The number of nitrogens with one attached hydrogen (secondary N) is 3. The topological polar surface area (TPSA) is 65.5 Å². The van der Waals surface area contributed by atoms with Crippen LogP contribution in [0.15, 0.2) is 29.3 Å². The van der Waals surface area contributed by atoms with E-state index < -0.39 is 0 Å². The summed E-state index contributed by atoms with van der Waals surface area (Å²) in [5, 5.41) is 8.89. The van der Waals surface area contributed by atoms with Crippen LogP contribution in [0.3, 0.4) is 0 Å². The number of halogens is 2. The highest BCUT2D eigenvalue weighted by molar-refractivity contribution is 14.0. The SMILES string of the molecule is CCNC(=NCC(=O)Nc1ccc(F)cc1)NCC(C)C.I. The average molecular weight is 422 g/mol. The lowest BCUT2D eigenvalue weighted by Crippen LogP contribution is -2.39. The van der Waals surface area contributed by atoms with Crippen LogP contribution in [0.2, 0.25) is 0 Å². The maximum absolute atomic E-state index is 12.8. The predicted octanol–water partition coefficient (Wildman–Crippen LogP) is 2.59. The fourth-order valence-corrected chi connectivity index (χ4v) is 1.53. The van der Waals surface area contributed by atoms with E-state index in [2.05, 4.69) is 34.8 Å². The second-order valence-electron chi connectivity index (χ2n) is 5.02. The number of hydrogen-bond acceptors (Lipinski definition) is 2. The molecule has 0 aliphatic rings. The largest absolute Gasteiger partial charge is 0.357 e.